The molecule has 0 bridgehead atoms. The standard InChI is InChI=1S/C13H24O2/c1-4-11(2)12(3)8-10-15-13-7-5-6-9-14-13/h12-13H,2,4-10H2,1,3H3/t12-,13?/m1/s1. The van der Waals surface area contributed by atoms with Crippen molar-refractivity contribution in [1.82, 2.24) is 0 Å². The van der Waals surface area contributed by atoms with Gasteiger partial charge in [0.05, 0.1) is 6.61 Å². The van der Waals surface area contributed by atoms with Crippen molar-refractivity contribution < 1.29 is 9.47 Å². The second kappa shape index (κ2) is 7.02. The number of ether oxygens (including phenoxy) is 2. The van der Waals surface area contributed by atoms with Crippen LogP contribution < -0.4 is 0 Å². The molecular formula is C13H24O2. The molecule has 2 heteroatoms. The van der Waals surface area contributed by atoms with Gasteiger partial charge in [-0.2, -0.15) is 0 Å². The van der Waals surface area contributed by atoms with Crippen LogP contribution in [0.25, 0.3) is 0 Å². The molecule has 2 nitrogen and oxygen atoms in total. The average molecular weight is 212 g/mol. The molecule has 1 fully saturated rings. The quantitative estimate of drug-likeness (QED) is 0.627. The third kappa shape index (κ3) is 4.80. The molecule has 0 aromatic rings. The summed E-state index contributed by atoms with van der Waals surface area (Å²) in [5, 5.41) is 0. The van der Waals surface area contributed by atoms with Crippen molar-refractivity contribution in [3.63, 3.8) is 0 Å². The van der Waals surface area contributed by atoms with Crippen LogP contribution in [0.4, 0.5) is 0 Å². The van der Waals surface area contributed by atoms with E-state index >= 15 is 0 Å². The summed E-state index contributed by atoms with van der Waals surface area (Å²) in [5.41, 5.74) is 1.32. The molecule has 0 N–H and O–H groups in total. The molecule has 0 saturated carbocycles. The van der Waals surface area contributed by atoms with Crippen LogP contribution in [0.2, 0.25) is 0 Å². The van der Waals surface area contributed by atoms with Gasteiger partial charge in [0, 0.05) is 6.61 Å². The summed E-state index contributed by atoms with van der Waals surface area (Å²) in [5.74, 6) is 0.568. The highest BCUT2D eigenvalue weighted by molar-refractivity contribution is 4.97. The second-order valence-corrected chi connectivity index (χ2v) is 4.37. The Morgan fingerprint density at radius 3 is 2.93 bits per heavy atom. The maximum absolute atomic E-state index is 5.68. The van der Waals surface area contributed by atoms with Gasteiger partial charge < -0.3 is 9.47 Å². The molecule has 15 heavy (non-hydrogen) atoms. The monoisotopic (exact) mass is 212 g/mol. The van der Waals surface area contributed by atoms with E-state index in [0.717, 1.165) is 32.5 Å². The number of hydrogen-bond acceptors (Lipinski definition) is 2. The first kappa shape index (κ1) is 12.7. The minimum atomic E-state index is 0.0563. The Balaban J connectivity index is 2.07. The van der Waals surface area contributed by atoms with Gasteiger partial charge in [0.25, 0.3) is 0 Å². The lowest BCUT2D eigenvalue weighted by molar-refractivity contribution is -0.163. The number of hydrogen-bond donors (Lipinski definition) is 0. The van der Waals surface area contributed by atoms with Crippen molar-refractivity contribution in [2.45, 2.75) is 52.2 Å². The van der Waals surface area contributed by atoms with Crippen molar-refractivity contribution >= 4 is 0 Å². The maximum Gasteiger partial charge on any atom is 0.157 e. The van der Waals surface area contributed by atoms with Crippen molar-refractivity contribution in [3.05, 3.63) is 12.2 Å². The summed E-state index contributed by atoms with van der Waals surface area (Å²) in [7, 11) is 0. The van der Waals surface area contributed by atoms with E-state index in [1.807, 2.05) is 0 Å². The van der Waals surface area contributed by atoms with E-state index < -0.39 is 0 Å². The fraction of sp³-hybridized carbons (Fsp3) is 0.846. The summed E-state index contributed by atoms with van der Waals surface area (Å²) >= 11 is 0. The molecular weight excluding hydrogens is 188 g/mol. The van der Waals surface area contributed by atoms with Crippen LogP contribution in [0, 0.1) is 5.92 Å². The van der Waals surface area contributed by atoms with Crippen LogP contribution in [0.3, 0.4) is 0 Å². The lowest BCUT2D eigenvalue weighted by atomic mass is 9.98. The summed E-state index contributed by atoms with van der Waals surface area (Å²) in [4.78, 5) is 0. The molecule has 0 aromatic carbocycles. The van der Waals surface area contributed by atoms with E-state index in [1.165, 1.54) is 18.4 Å². The zero-order valence-electron chi connectivity index (χ0n) is 10.1. The van der Waals surface area contributed by atoms with Crippen molar-refractivity contribution in [3.8, 4) is 0 Å². The van der Waals surface area contributed by atoms with E-state index in [1.54, 1.807) is 0 Å². The molecule has 88 valence electrons. The van der Waals surface area contributed by atoms with E-state index in [4.69, 9.17) is 9.47 Å². The molecule has 1 saturated heterocycles. The molecule has 0 radical (unpaired) electrons. The Hall–Kier alpha value is -0.340. The van der Waals surface area contributed by atoms with Gasteiger partial charge in [-0.3, -0.25) is 0 Å². The first-order valence-electron chi connectivity index (χ1n) is 6.15. The predicted octanol–water partition coefficient (Wildman–Crippen LogP) is 3.52. The average Bonchev–Trinajstić information content (AvgIpc) is 2.29. The Morgan fingerprint density at radius 2 is 2.33 bits per heavy atom. The Kier molecular flexibility index (Phi) is 5.96. The first-order chi connectivity index (χ1) is 7.24. The van der Waals surface area contributed by atoms with Crippen molar-refractivity contribution in [1.29, 1.82) is 0 Å². The van der Waals surface area contributed by atoms with Gasteiger partial charge in [0.1, 0.15) is 0 Å². The minimum Gasteiger partial charge on any atom is -0.353 e. The molecule has 0 spiro atoms. The summed E-state index contributed by atoms with van der Waals surface area (Å²) in [6.07, 6.45) is 5.67. The number of rotatable bonds is 6. The third-order valence-electron chi connectivity index (χ3n) is 3.14. The Labute approximate surface area is 93.7 Å². The van der Waals surface area contributed by atoms with Gasteiger partial charge in [0.15, 0.2) is 6.29 Å². The molecule has 0 aliphatic carbocycles. The lowest BCUT2D eigenvalue weighted by Gasteiger charge is -2.23. The highest BCUT2D eigenvalue weighted by atomic mass is 16.7. The normalized spacial score (nSPS) is 23.7. The Bertz CT molecular complexity index is 183. The predicted molar refractivity (Wildman–Crippen MR) is 62.8 cm³/mol. The molecule has 1 heterocycles. The third-order valence-corrected chi connectivity index (χ3v) is 3.14. The van der Waals surface area contributed by atoms with Crippen LogP contribution in [0.1, 0.15) is 46.0 Å². The maximum atomic E-state index is 5.68. The van der Waals surface area contributed by atoms with Crippen molar-refractivity contribution in [2.24, 2.45) is 5.92 Å². The van der Waals surface area contributed by atoms with Crippen LogP contribution in [-0.2, 0) is 9.47 Å². The van der Waals surface area contributed by atoms with Crippen molar-refractivity contribution in [2.75, 3.05) is 13.2 Å². The summed E-state index contributed by atoms with van der Waals surface area (Å²) in [6, 6.07) is 0. The lowest BCUT2D eigenvalue weighted by Crippen LogP contribution is -2.23. The topological polar surface area (TPSA) is 18.5 Å². The SMILES string of the molecule is C=C(CC)[C@H](C)CCOC1CCCCO1. The van der Waals surface area contributed by atoms with E-state index in [9.17, 15) is 0 Å². The molecule has 0 aromatic heterocycles. The van der Waals surface area contributed by atoms with E-state index in [0.29, 0.717) is 5.92 Å². The van der Waals surface area contributed by atoms with Crippen LogP contribution in [0.15, 0.2) is 12.2 Å². The highest BCUT2D eigenvalue weighted by Gasteiger charge is 2.14. The van der Waals surface area contributed by atoms with Gasteiger partial charge in [-0.1, -0.05) is 26.0 Å². The molecule has 0 amide bonds. The molecule has 1 aliphatic rings. The second-order valence-electron chi connectivity index (χ2n) is 4.37. The van der Waals surface area contributed by atoms with Gasteiger partial charge >= 0.3 is 0 Å². The molecule has 2 atom stereocenters. The van der Waals surface area contributed by atoms with Gasteiger partial charge in [0.2, 0.25) is 0 Å². The van der Waals surface area contributed by atoms with Crippen LogP contribution >= 0.6 is 0 Å². The van der Waals surface area contributed by atoms with Crippen LogP contribution in [0.5, 0.6) is 0 Å². The van der Waals surface area contributed by atoms with Gasteiger partial charge in [-0.15, -0.1) is 0 Å². The Morgan fingerprint density at radius 1 is 1.53 bits per heavy atom. The van der Waals surface area contributed by atoms with Gasteiger partial charge in [-0.05, 0) is 38.0 Å². The minimum absolute atomic E-state index is 0.0563. The fourth-order valence-electron chi connectivity index (χ4n) is 1.77. The summed E-state index contributed by atoms with van der Waals surface area (Å²) < 4.78 is 11.2. The molecule has 1 aliphatic heterocycles. The largest absolute Gasteiger partial charge is 0.353 e. The van der Waals surface area contributed by atoms with Crippen LogP contribution in [-0.4, -0.2) is 19.5 Å². The smallest absolute Gasteiger partial charge is 0.157 e. The number of allylic oxidation sites excluding steroid dienone is 1. The molecule has 1 rings (SSSR count). The van der Waals surface area contributed by atoms with Gasteiger partial charge in [-0.25, -0.2) is 0 Å². The highest BCUT2D eigenvalue weighted by Crippen LogP contribution is 2.18. The fourth-order valence-corrected chi connectivity index (χ4v) is 1.77. The zero-order valence-corrected chi connectivity index (χ0v) is 10.1. The zero-order chi connectivity index (χ0) is 11.1. The van der Waals surface area contributed by atoms with E-state index in [2.05, 4.69) is 20.4 Å². The summed E-state index contributed by atoms with van der Waals surface area (Å²) in [6.45, 7) is 10.1. The molecule has 1 unspecified atom stereocenters. The van der Waals surface area contributed by atoms with E-state index in [-0.39, 0.29) is 6.29 Å². The first-order valence-corrected chi connectivity index (χ1v) is 6.15.